The predicted molar refractivity (Wildman–Crippen MR) is 80.0 cm³/mol. The van der Waals surface area contributed by atoms with Gasteiger partial charge in [-0.3, -0.25) is 0 Å². The summed E-state index contributed by atoms with van der Waals surface area (Å²) < 4.78 is 0. The molecule has 0 aliphatic heterocycles. The number of benzene rings is 1. The van der Waals surface area contributed by atoms with E-state index in [4.69, 9.17) is 0 Å². The fourth-order valence-electron chi connectivity index (χ4n) is 1.67. The molecule has 92 valence electrons. The van der Waals surface area contributed by atoms with Crippen LogP contribution in [0.3, 0.4) is 0 Å². The summed E-state index contributed by atoms with van der Waals surface area (Å²) >= 11 is 0. The molecular weight excluding hydrogens is 204 g/mol. The first-order valence-corrected chi connectivity index (χ1v) is 6.37. The summed E-state index contributed by atoms with van der Waals surface area (Å²) in [6, 6.07) is 10.4. The fraction of sp³-hybridized carbons (Fsp3) is 0.294. The highest BCUT2D eigenvalue weighted by atomic mass is 14.1. The van der Waals surface area contributed by atoms with Crippen molar-refractivity contribution in [3.05, 3.63) is 66.3 Å². The maximum Gasteiger partial charge on any atom is -0.0156 e. The molecule has 0 N–H and O–H groups in total. The molecule has 1 rings (SSSR count). The van der Waals surface area contributed by atoms with E-state index >= 15 is 0 Å². The van der Waals surface area contributed by atoms with Crippen molar-refractivity contribution in [2.45, 2.75) is 34.1 Å². The molecule has 0 nitrogen and oxygen atoms in total. The van der Waals surface area contributed by atoms with Gasteiger partial charge in [-0.2, -0.15) is 0 Å². The van der Waals surface area contributed by atoms with Crippen LogP contribution in [0.15, 0.2) is 60.7 Å². The quantitative estimate of drug-likeness (QED) is 0.585. The van der Waals surface area contributed by atoms with E-state index in [0.29, 0.717) is 0 Å². The van der Waals surface area contributed by atoms with Crippen LogP contribution in [0.25, 0.3) is 5.57 Å². The average molecular weight is 228 g/mol. The van der Waals surface area contributed by atoms with Gasteiger partial charge in [0.15, 0.2) is 0 Å². The SMILES string of the molecule is C=C/C=C(\C(=C/C)CC)c1ccccc1.CC. The van der Waals surface area contributed by atoms with Crippen LogP contribution in [0, 0.1) is 0 Å². The monoisotopic (exact) mass is 228 g/mol. The van der Waals surface area contributed by atoms with Crippen molar-refractivity contribution in [1.29, 1.82) is 0 Å². The van der Waals surface area contributed by atoms with Crippen LogP contribution in [0.5, 0.6) is 0 Å². The molecule has 0 aliphatic carbocycles. The first-order valence-electron chi connectivity index (χ1n) is 6.37. The van der Waals surface area contributed by atoms with Crippen LogP contribution < -0.4 is 0 Å². The van der Waals surface area contributed by atoms with Crippen LogP contribution in [0.1, 0.15) is 39.7 Å². The second-order valence-electron chi connectivity index (χ2n) is 3.35. The lowest BCUT2D eigenvalue weighted by atomic mass is 9.95. The first kappa shape index (κ1) is 15.4. The third kappa shape index (κ3) is 4.86. The molecular formula is C17H24. The Kier molecular flexibility index (Phi) is 8.77. The standard InChI is InChI=1S/C15H18.C2H6/c1-4-10-15(13(5-2)6-3)14-11-8-7-9-12-14;1-2/h4-5,7-12H,1,6H2,2-3H3;1-2H3/b13-5-,15-10+;. The van der Waals surface area contributed by atoms with Gasteiger partial charge in [0.05, 0.1) is 0 Å². The van der Waals surface area contributed by atoms with Gasteiger partial charge in [-0.15, -0.1) is 0 Å². The van der Waals surface area contributed by atoms with Crippen LogP contribution in [-0.4, -0.2) is 0 Å². The number of hydrogen-bond donors (Lipinski definition) is 0. The second kappa shape index (κ2) is 9.65. The van der Waals surface area contributed by atoms with Crippen LogP contribution in [0.2, 0.25) is 0 Å². The molecule has 0 bridgehead atoms. The Balaban J connectivity index is 0.00000121. The second-order valence-corrected chi connectivity index (χ2v) is 3.35. The molecule has 0 heteroatoms. The Morgan fingerprint density at radius 1 is 1.18 bits per heavy atom. The third-order valence-electron chi connectivity index (χ3n) is 2.44. The van der Waals surface area contributed by atoms with E-state index in [1.807, 2.05) is 26.0 Å². The van der Waals surface area contributed by atoms with Gasteiger partial charge >= 0.3 is 0 Å². The highest BCUT2D eigenvalue weighted by Crippen LogP contribution is 2.25. The fourth-order valence-corrected chi connectivity index (χ4v) is 1.67. The van der Waals surface area contributed by atoms with Gasteiger partial charge in [0.1, 0.15) is 0 Å². The van der Waals surface area contributed by atoms with E-state index in [1.165, 1.54) is 16.7 Å². The maximum absolute atomic E-state index is 3.77. The van der Waals surface area contributed by atoms with Crippen molar-refractivity contribution in [2.75, 3.05) is 0 Å². The highest BCUT2D eigenvalue weighted by molar-refractivity contribution is 5.79. The minimum absolute atomic E-state index is 1.05. The molecule has 17 heavy (non-hydrogen) atoms. The molecule has 0 heterocycles. The predicted octanol–water partition coefficient (Wildman–Crippen LogP) is 5.64. The van der Waals surface area contributed by atoms with Crippen LogP contribution in [0.4, 0.5) is 0 Å². The zero-order valence-corrected chi connectivity index (χ0v) is 11.5. The lowest BCUT2D eigenvalue weighted by molar-refractivity contribution is 1.15. The van der Waals surface area contributed by atoms with Gasteiger partial charge in [0.2, 0.25) is 0 Å². The molecule has 1 aromatic carbocycles. The zero-order chi connectivity index (χ0) is 13.1. The molecule has 1 aromatic rings. The Labute approximate surface area is 106 Å². The van der Waals surface area contributed by atoms with E-state index in [-0.39, 0.29) is 0 Å². The lowest BCUT2D eigenvalue weighted by Gasteiger charge is -2.09. The van der Waals surface area contributed by atoms with Crippen molar-refractivity contribution < 1.29 is 0 Å². The number of allylic oxidation sites excluding steroid dienone is 5. The molecule has 0 spiro atoms. The average Bonchev–Trinajstić information content (AvgIpc) is 2.42. The van der Waals surface area contributed by atoms with Crippen molar-refractivity contribution in [2.24, 2.45) is 0 Å². The number of hydrogen-bond acceptors (Lipinski definition) is 0. The summed E-state index contributed by atoms with van der Waals surface area (Å²) in [4.78, 5) is 0. The first-order chi connectivity index (χ1) is 8.33. The van der Waals surface area contributed by atoms with Gasteiger partial charge in [-0.05, 0) is 30.1 Å². The third-order valence-corrected chi connectivity index (χ3v) is 2.44. The van der Waals surface area contributed by atoms with Crippen molar-refractivity contribution in [3.8, 4) is 0 Å². The van der Waals surface area contributed by atoms with Crippen LogP contribution >= 0.6 is 0 Å². The van der Waals surface area contributed by atoms with Gasteiger partial charge in [-0.1, -0.05) is 75.9 Å². The lowest BCUT2D eigenvalue weighted by Crippen LogP contribution is -1.88. The molecule has 0 saturated carbocycles. The summed E-state index contributed by atoms with van der Waals surface area (Å²) in [7, 11) is 0. The van der Waals surface area contributed by atoms with Gasteiger partial charge in [-0.25, -0.2) is 0 Å². The van der Waals surface area contributed by atoms with E-state index in [0.717, 1.165) is 6.42 Å². The van der Waals surface area contributed by atoms with Crippen molar-refractivity contribution in [3.63, 3.8) is 0 Å². The molecule has 0 radical (unpaired) electrons. The molecule has 0 aromatic heterocycles. The maximum atomic E-state index is 3.77. The zero-order valence-electron chi connectivity index (χ0n) is 11.5. The highest BCUT2D eigenvalue weighted by Gasteiger charge is 2.03. The summed E-state index contributed by atoms with van der Waals surface area (Å²) in [5.74, 6) is 0. The minimum atomic E-state index is 1.05. The molecule has 0 aliphatic rings. The van der Waals surface area contributed by atoms with Gasteiger partial charge in [0.25, 0.3) is 0 Å². The van der Waals surface area contributed by atoms with E-state index in [9.17, 15) is 0 Å². The Morgan fingerprint density at radius 3 is 2.18 bits per heavy atom. The molecule has 0 saturated heterocycles. The summed E-state index contributed by atoms with van der Waals surface area (Å²) in [6.07, 6.45) is 7.14. The Hall–Kier alpha value is -1.56. The molecule has 0 fully saturated rings. The Bertz CT molecular complexity index is 366. The largest absolute Gasteiger partial charge is 0.0990 e. The number of rotatable bonds is 4. The Morgan fingerprint density at radius 2 is 1.76 bits per heavy atom. The molecule has 0 amide bonds. The summed E-state index contributed by atoms with van der Waals surface area (Å²) in [5.41, 5.74) is 3.89. The van der Waals surface area contributed by atoms with E-state index in [1.54, 1.807) is 0 Å². The van der Waals surface area contributed by atoms with Crippen molar-refractivity contribution >= 4 is 5.57 Å². The van der Waals surface area contributed by atoms with Crippen LogP contribution in [-0.2, 0) is 0 Å². The van der Waals surface area contributed by atoms with Crippen molar-refractivity contribution in [1.82, 2.24) is 0 Å². The molecule has 0 atom stereocenters. The molecule has 0 unspecified atom stereocenters. The van der Waals surface area contributed by atoms with E-state index in [2.05, 4.69) is 56.8 Å². The van der Waals surface area contributed by atoms with E-state index < -0.39 is 0 Å². The van der Waals surface area contributed by atoms with Gasteiger partial charge in [0, 0.05) is 0 Å². The summed E-state index contributed by atoms with van der Waals surface area (Å²) in [6.45, 7) is 12.0. The van der Waals surface area contributed by atoms with Gasteiger partial charge < -0.3 is 0 Å². The summed E-state index contributed by atoms with van der Waals surface area (Å²) in [5, 5.41) is 0. The smallest absolute Gasteiger partial charge is 0.0156 e. The normalized spacial score (nSPS) is 11.5. The minimum Gasteiger partial charge on any atom is -0.0990 e. The topological polar surface area (TPSA) is 0 Å².